The lowest BCUT2D eigenvalue weighted by atomic mass is 9.97. The molecule has 2 heterocycles. The first-order valence-electron chi connectivity index (χ1n) is 9.66. The Morgan fingerprint density at radius 2 is 2.11 bits per heavy atom. The molecule has 142 valence electrons. The number of allylic oxidation sites excluding steroid dienone is 2. The van der Waals surface area contributed by atoms with E-state index in [0.717, 1.165) is 19.3 Å². The van der Waals surface area contributed by atoms with Gasteiger partial charge in [0.1, 0.15) is 11.4 Å². The third-order valence-electron chi connectivity index (χ3n) is 5.24. The fourth-order valence-electron chi connectivity index (χ4n) is 3.77. The van der Waals surface area contributed by atoms with Crippen molar-refractivity contribution in [2.75, 3.05) is 0 Å². The molecule has 2 aromatic rings. The van der Waals surface area contributed by atoms with Crippen LogP contribution in [-0.2, 0) is 16.1 Å². The fraction of sp³-hybridized carbons (Fsp3) is 0.476. The van der Waals surface area contributed by atoms with Crippen LogP contribution in [0.5, 0.6) is 0 Å². The van der Waals surface area contributed by atoms with E-state index in [2.05, 4.69) is 6.08 Å². The van der Waals surface area contributed by atoms with Crippen molar-refractivity contribution in [2.45, 2.75) is 68.5 Å². The first-order valence-corrected chi connectivity index (χ1v) is 10.5. The Balaban J connectivity index is 1.67. The number of benzene rings is 1. The molecular weight excluding hydrogens is 360 g/mol. The number of fused-ring (bicyclic) bond motifs is 1. The Morgan fingerprint density at radius 1 is 1.26 bits per heavy atom. The predicted molar refractivity (Wildman–Crippen MR) is 107 cm³/mol. The van der Waals surface area contributed by atoms with Gasteiger partial charge < -0.3 is 4.74 Å². The average molecular weight is 385 g/mol. The van der Waals surface area contributed by atoms with Gasteiger partial charge in [0.05, 0.1) is 10.9 Å². The third-order valence-corrected chi connectivity index (χ3v) is 6.43. The number of carbonyl (C=O) groups is 1. The molecule has 1 fully saturated rings. The number of para-hydroxylation sites is 1. The van der Waals surface area contributed by atoms with Crippen LogP contribution in [0, 0.1) is 0 Å². The van der Waals surface area contributed by atoms with Crippen LogP contribution in [0.4, 0.5) is 0 Å². The van der Waals surface area contributed by atoms with Crippen molar-refractivity contribution in [3.63, 3.8) is 0 Å². The van der Waals surface area contributed by atoms with Gasteiger partial charge in [-0.15, -0.1) is 0 Å². The topological polar surface area (TPSA) is 61.2 Å². The number of esters is 1. The number of cyclic esters (lactones) is 1. The Morgan fingerprint density at radius 3 is 2.85 bits per heavy atom. The number of aromatic nitrogens is 2. The minimum Gasteiger partial charge on any atom is -0.462 e. The van der Waals surface area contributed by atoms with E-state index in [9.17, 15) is 9.59 Å². The Kier molecular flexibility index (Phi) is 5.34. The van der Waals surface area contributed by atoms with Crippen LogP contribution in [0.1, 0.15) is 45.4 Å². The third kappa shape index (κ3) is 3.95. The summed E-state index contributed by atoms with van der Waals surface area (Å²) < 4.78 is 7.02. The molecule has 1 aliphatic carbocycles. The average Bonchev–Trinajstić information content (AvgIpc) is 2.99. The van der Waals surface area contributed by atoms with E-state index in [1.807, 2.05) is 31.2 Å². The van der Waals surface area contributed by atoms with Gasteiger partial charge in [-0.2, -0.15) is 0 Å². The minimum absolute atomic E-state index is 0.0288. The van der Waals surface area contributed by atoms with Crippen LogP contribution in [0.15, 0.2) is 45.9 Å². The second-order valence-electron chi connectivity index (χ2n) is 7.32. The summed E-state index contributed by atoms with van der Waals surface area (Å²) in [4.78, 5) is 29.9. The predicted octanol–water partition coefficient (Wildman–Crippen LogP) is 4.08. The standard InChI is InChI=1S/C21H24N2O3S/c1-14-13-18(20(25)26-14)27-21-22-17-10-6-5-9-16(17)19(24)23(21)12-11-15-7-3-2-4-8-15/h5-7,9-10,14,18H,2-4,8,11-13H2,1H3/t14-,18+/m0/s1. The minimum atomic E-state index is -0.298. The molecular formula is C21H24N2O3S. The second kappa shape index (κ2) is 7.89. The van der Waals surface area contributed by atoms with Crippen LogP contribution >= 0.6 is 11.8 Å². The smallest absolute Gasteiger partial charge is 0.319 e. The molecule has 0 amide bonds. The van der Waals surface area contributed by atoms with Gasteiger partial charge in [0.15, 0.2) is 5.16 Å². The summed E-state index contributed by atoms with van der Waals surface area (Å²) in [5.41, 5.74) is 2.07. The molecule has 2 atom stereocenters. The molecule has 1 aliphatic heterocycles. The molecule has 4 rings (SSSR count). The van der Waals surface area contributed by atoms with Crippen LogP contribution in [0.25, 0.3) is 10.9 Å². The van der Waals surface area contributed by atoms with Crippen molar-refractivity contribution >= 4 is 28.6 Å². The van der Waals surface area contributed by atoms with Gasteiger partial charge in [-0.1, -0.05) is 35.5 Å². The van der Waals surface area contributed by atoms with Gasteiger partial charge in [-0.3, -0.25) is 14.2 Å². The lowest BCUT2D eigenvalue weighted by Crippen LogP contribution is -2.25. The second-order valence-corrected chi connectivity index (χ2v) is 8.49. The molecule has 2 aliphatic rings. The lowest BCUT2D eigenvalue weighted by molar-refractivity contribution is -0.140. The number of ether oxygens (including phenoxy) is 1. The van der Waals surface area contributed by atoms with E-state index in [-0.39, 0.29) is 22.9 Å². The molecule has 1 saturated heterocycles. The van der Waals surface area contributed by atoms with Crippen molar-refractivity contribution < 1.29 is 9.53 Å². The first-order chi connectivity index (χ1) is 13.1. The van der Waals surface area contributed by atoms with Gasteiger partial charge in [-0.05, 0) is 51.2 Å². The Bertz CT molecular complexity index is 950. The molecule has 0 spiro atoms. The molecule has 5 nitrogen and oxygen atoms in total. The van der Waals surface area contributed by atoms with Gasteiger partial charge >= 0.3 is 5.97 Å². The number of hydrogen-bond acceptors (Lipinski definition) is 5. The van der Waals surface area contributed by atoms with E-state index in [1.54, 1.807) is 4.57 Å². The van der Waals surface area contributed by atoms with E-state index in [1.165, 1.54) is 30.2 Å². The highest BCUT2D eigenvalue weighted by Crippen LogP contribution is 2.32. The molecule has 1 aromatic heterocycles. The summed E-state index contributed by atoms with van der Waals surface area (Å²) in [5, 5.41) is 0.946. The quantitative estimate of drug-likeness (QED) is 0.442. The SMILES string of the molecule is C[C@H]1C[C@@H](Sc2nc3ccccc3c(=O)n2CCC2=CCCCC2)C(=O)O1. The number of nitrogens with zero attached hydrogens (tertiary/aromatic N) is 2. The van der Waals surface area contributed by atoms with Gasteiger partial charge in [0.25, 0.3) is 5.56 Å². The summed E-state index contributed by atoms with van der Waals surface area (Å²) in [6.07, 6.45) is 8.47. The molecule has 0 radical (unpaired) electrons. The van der Waals surface area contributed by atoms with Crippen molar-refractivity contribution in [1.29, 1.82) is 0 Å². The zero-order valence-corrected chi connectivity index (χ0v) is 16.3. The Hall–Kier alpha value is -2.08. The fourth-order valence-corrected chi connectivity index (χ4v) is 4.99. The zero-order chi connectivity index (χ0) is 18.8. The van der Waals surface area contributed by atoms with E-state index < -0.39 is 0 Å². The zero-order valence-electron chi connectivity index (χ0n) is 15.5. The summed E-state index contributed by atoms with van der Waals surface area (Å²) >= 11 is 1.36. The van der Waals surface area contributed by atoms with Crippen LogP contribution < -0.4 is 5.56 Å². The van der Waals surface area contributed by atoms with Crippen molar-refractivity contribution in [3.8, 4) is 0 Å². The molecule has 0 bridgehead atoms. The summed E-state index contributed by atoms with van der Waals surface area (Å²) in [6.45, 7) is 2.50. The van der Waals surface area contributed by atoms with Crippen molar-refractivity contribution in [3.05, 3.63) is 46.3 Å². The molecule has 1 aromatic carbocycles. The van der Waals surface area contributed by atoms with E-state index >= 15 is 0 Å². The van der Waals surface area contributed by atoms with Crippen molar-refractivity contribution in [2.24, 2.45) is 0 Å². The van der Waals surface area contributed by atoms with Crippen LogP contribution in [0.2, 0.25) is 0 Å². The normalized spacial score (nSPS) is 22.7. The van der Waals surface area contributed by atoms with Crippen LogP contribution in [0.3, 0.4) is 0 Å². The molecule has 27 heavy (non-hydrogen) atoms. The summed E-state index contributed by atoms with van der Waals surface area (Å²) in [6, 6.07) is 7.42. The van der Waals surface area contributed by atoms with Gasteiger partial charge in [0.2, 0.25) is 0 Å². The summed E-state index contributed by atoms with van der Waals surface area (Å²) in [5.74, 6) is -0.212. The highest BCUT2D eigenvalue weighted by molar-refractivity contribution is 8.00. The van der Waals surface area contributed by atoms with Gasteiger partial charge in [0, 0.05) is 13.0 Å². The van der Waals surface area contributed by atoms with Gasteiger partial charge in [-0.25, -0.2) is 4.98 Å². The van der Waals surface area contributed by atoms with E-state index in [0.29, 0.717) is 29.0 Å². The maximum Gasteiger partial charge on any atom is 0.319 e. The van der Waals surface area contributed by atoms with Crippen molar-refractivity contribution in [1.82, 2.24) is 9.55 Å². The number of rotatable bonds is 5. The number of carbonyl (C=O) groups excluding carboxylic acids is 1. The summed E-state index contributed by atoms with van der Waals surface area (Å²) in [7, 11) is 0. The first kappa shape index (κ1) is 18.3. The number of thioether (sulfide) groups is 1. The maximum absolute atomic E-state index is 13.1. The van der Waals surface area contributed by atoms with E-state index in [4.69, 9.17) is 9.72 Å². The Labute approximate surface area is 162 Å². The highest BCUT2D eigenvalue weighted by Gasteiger charge is 2.34. The largest absolute Gasteiger partial charge is 0.462 e. The molecule has 0 unspecified atom stereocenters. The molecule has 0 saturated carbocycles. The monoisotopic (exact) mass is 384 g/mol. The molecule has 6 heteroatoms. The number of hydrogen-bond donors (Lipinski definition) is 0. The van der Waals surface area contributed by atoms with Crippen LogP contribution in [-0.4, -0.2) is 26.9 Å². The lowest BCUT2D eigenvalue weighted by Gasteiger charge is -2.17. The highest BCUT2D eigenvalue weighted by atomic mass is 32.2. The maximum atomic E-state index is 13.1. The molecule has 0 N–H and O–H groups in total.